The van der Waals surface area contributed by atoms with Crippen LogP contribution in [0.15, 0.2) is 42.1 Å². The number of ketones is 1. The second-order valence-electron chi connectivity index (χ2n) is 8.60. The molecule has 0 spiro atoms. The Balaban J connectivity index is 1.92. The number of nitrogens with zero attached hydrogens (tertiary/aromatic N) is 1. The summed E-state index contributed by atoms with van der Waals surface area (Å²) in [5, 5.41) is 0. The first kappa shape index (κ1) is 21.4. The molecule has 0 amide bonds. The van der Waals surface area contributed by atoms with Crippen LogP contribution in [0.2, 0.25) is 0 Å². The van der Waals surface area contributed by atoms with Crippen LogP contribution in [-0.4, -0.2) is 30.9 Å². The molecule has 0 saturated heterocycles. The average Bonchev–Trinajstić information content (AvgIpc) is 2.61. The largest absolute Gasteiger partial charge is 0.380 e. The molecule has 0 fully saturated rings. The molecule has 1 aromatic rings. The minimum absolute atomic E-state index is 0.0224. The molecule has 27 heavy (non-hydrogen) atoms. The molecule has 3 heteroatoms. The van der Waals surface area contributed by atoms with Gasteiger partial charge in [0, 0.05) is 38.4 Å². The highest BCUT2D eigenvalue weighted by molar-refractivity contribution is 5.96. The van der Waals surface area contributed by atoms with E-state index in [1.165, 1.54) is 5.56 Å². The maximum absolute atomic E-state index is 12.8. The molecule has 1 heterocycles. The van der Waals surface area contributed by atoms with E-state index < -0.39 is 0 Å². The van der Waals surface area contributed by atoms with Crippen molar-refractivity contribution in [2.45, 2.75) is 53.6 Å². The first-order chi connectivity index (χ1) is 12.8. The van der Waals surface area contributed by atoms with Crippen molar-refractivity contribution >= 4 is 11.9 Å². The Morgan fingerprint density at radius 3 is 2.59 bits per heavy atom. The molecule has 1 aliphatic heterocycles. The number of rotatable bonds is 9. The third-order valence-electron chi connectivity index (χ3n) is 5.10. The van der Waals surface area contributed by atoms with Gasteiger partial charge in [-0.25, -0.2) is 0 Å². The van der Waals surface area contributed by atoms with Crippen LogP contribution >= 0.6 is 0 Å². The van der Waals surface area contributed by atoms with Crippen LogP contribution in [-0.2, 0) is 16.1 Å². The van der Waals surface area contributed by atoms with Gasteiger partial charge < -0.3 is 9.64 Å². The van der Waals surface area contributed by atoms with Crippen LogP contribution < -0.4 is 0 Å². The zero-order valence-corrected chi connectivity index (χ0v) is 17.6. The van der Waals surface area contributed by atoms with Crippen molar-refractivity contribution < 1.29 is 9.53 Å². The average molecular weight is 370 g/mol. The summed E-state index contributed by atoms with van der Waals surface area (Å²) in [6.45, 7) is 11.5. The molecule has 0 radical (unpaired) electrons. The van der Waals surface area contributed by atoms with E-state index in [0.29, 0.717) is 18.9 Å². The van der Waals surface area contributed by atoms with Gasteiger partial charge in [0.15, 0.2) is 5.78 Å². The summed E-state index contributed by atoms with van der Waals surface area (Å²) in [6.07, 6.45) is 8.71. The summed E-state index contributed by atoms with van der Waals surface area (Å²) in [5.74, 6) is 0.894. The van der Waals surface area contributed by atoms with Crippen molar-refractivity contribution in [3.63, 3.8) is 0 Å². The van der Waals surface area contributed by atoms with Crippen LogP contribution in [0.25, 0.3) is 6.08 Å². The van der Waals surface area contributed by atoms with Crippen molar-refractivity contribution in [2.24, 2.45) is 11.3 Å². The monoisotopic (exact) mass is 369 g/mol. The highest BCUT2D eigenvalue weighted by Crippen LogP contribution is 2.36. The van der Waals surface area contributed by atoms with Crippen LogP contribution in [0, 0.1) is 11.3 Å². The van der Waals surface area contributed by atoms with E-state index in [4.69, 9.17) is 4.74 Å². The number of methoxy groups -OCH3 is 1. The normalized spacial score (nSPS) is 16.8. The molecule has 0 N–H and O–H groups in total. The summed E-state index contributed by atoms with van der Waals surface area (Å²) in [5.41, 5.74) is 3.29. The summed E-state index contributed by atoms with van der Waals surface area (Å²) in [7, 11) is 1.70. The zero-order chi connectivity index (χ0) is 19.9. The Labute approximate surface area is 165 Å². The summed E-state index contributed by atoms with van der Waals surface area (Å²) in [4.78, 5) is 15.2. The number of carbonyl (C=O) groups excluding carboxylic acids is 1. The third kappa shape index (κ3) is 6.66. The summed E-state index contributed by atoms with van der Waals surface area (Å²) >= 11 is 0. The topological polar surface area (TPSA) is 29.5 Å². The lowest BCUT2D eigenvalue weighted by Gasteiger charge is -2.37. The fraction of sp³-hybridized carbons (Fsp3) is 0.542. The molecule has 0 atom stereocenters. The predicted molar refractivity (Wildman–Crippen MR) is 113 cm³/mol. The number of carbonyl (C=O) groups is 1. The first-order valence-corrected chi connectivity index (χ1v) is 10.1. The highest BCUT2D eigenvalue weighted by atomic mass is 16.5. The molecular formula is C24H35NO2. The second kappa shape index (κ2) is 9.89. The van der Waals surface area contributed by atoms with Crippen LogP contribution in [0.1, 0.15) is 58.1 Å². The Bertz CT molecular complexity index is 668. The molecule has 1 aromatic carbocycles. The van der Waals surface area contributed by atoms with Gasteiger partial charge in [-0.2, -0.15) is 0 Å². The van der Waals surface area contributed by atoms with Gasteiger partial charge in [0.25, 0.3) is 0 Å². The lowest BCUT2D eigenvalue weighted by atomic mass is 9.76. The van der Waals surface area contributed by atoms with Crippen molar-refractivity contribution in [3.8, 4) is 0 Å². The number of hydrogen-bond donors (Lipinski definition) is 0. The van der Waals surface area contributed by atoms with Crippen molar-refractivity contribution in [3.05, 3.63) is 53.2 Å². The quantitative estimate of drug-likeness (QED) is 0.578. The minimum Gasteiger partial charge on any atom is -0.380 e. The Morgan fingerprint density at radius 1 is 1.26 bits per heavy atom. The molecule has 3 nitrogen and oxygen atoms in total. The molecular weight excluding hydrogens is 334 g/mol. The van der Waals surface area contributed by atoms with E-state index in [1.807, 2.05) is 0 Å². The fourth-order valence-corrected chi connectivity index (χ4v) is 3.50. The smallest absolute Gasteiger partial charge is 0.161 e. The second-order valence-corrected chi connectivity index (χ2v) is 8.60. The Hall–Kier alpha value is -1.87. The van der Waals surface area contributed by atoms with Gasteiger partial charge in [0.1, 0.15) is 0 Å². The van der Waals surface area contributed by atoms with E-state index in [-0.39, 0.29) is 11.2 Å². The van der Waals surface area contributed by atoms with Crippen molar-refractivity contribution in [1.82, 2.24) is 4.90 Å². The zero-order valence-electron chi connectivity index (χ0n) is 17.6. The molecule has 0 saturated carbocycles. The predicted octanol–water partition coefficient (Wildman–Crippen LogP) is 5.47. The SMILES string of the molecule is COCc1ccc(/C=C/CCC(=O)C2=CN(CC(C)C)CCC2(C)C)cc1. The van der Waals surface area contributed by atoms with Gasteiger partial charge in [0.2, 0.25) is 0 Å². The molecule has 0 aliphatic carbocycles. The van der Waals surface area contributed by atoms with E-state index in [9.17, 15) is 4.79 Å². The molecule has 1 aliphatic rings. The van der Waals surface area contributed by atoms with E-state index >= 15 is 0 Å². The lowest BCUT2D eigenvalue weighted by Crippen LogP contribution is -2.36. The van der Waals surface area contributed by atoms with Crippen molar-refractivity contribution in [2.75, 3.05) is 20.2 Å². The molecule has 148 valence electrons. The van der Waals surface area contributed by atoms with E-state index in [0.717, 1.165) is 37.1 Å². The van der Waals surface area contributed by atoms with Gasteiger partial charge in [-0.1, -0.05) is 64.1 Å². The van der Waals surface area contributed by atoms with Gasteiger partial charge in [0.05, 0.1) is 6.61 Å². The molecule has 2 rings (SSSR count). The minimum atomic E-state index is -0.0224. The molecule has 0 bridgehead atoms. The van der Waals surface area contributed by atoms with Gasteiger partial charge in [-0.3, -0.25) is 4.79 Å². The Morgan fingerprint density at radius 2 is 1.96 bits per heavy atom. The standard InChI is InChI=1S/C24H35NO2/c1-19(2)16-25-15-14-24(3,4)22(17-25)23(26)9-7-6-8-20-10-12-21(13-11-20)18-27-5/h6,8,10-13,17,19H,7,9,14-16,18H2,1-5H3/b8-6+. The van der Waals surface area contributed by atoms with Crippen LogP contribution in [0.5, 0.6) is 0 Å². The van der Waals surface area contributed by atoms with Gasteiger partial charge >= 0.3 is 0 Å². The summed E-state index contributed by atoms with van der Waals surface area (Å²) in [6, 6.07) is 8.33. The fourth-order valence-electron chi connectivity index (χ4n) is 3.50. The maximum atomic E-state index is 12.8. The first-order valence-electron chi connectivity index (χ1n) is 10.1. The van der Waals surface area contributed by atoms with E-state index in [1.54, 1.807) is 7.11 Å². The molecule has 0 aromatic heterocycles. The lowest BCUT2D eigenvalue weighted by molar-refractivity contribution is -0.116. The third-order valence-corrected chi connectivity index (χ3v) is 5.10. The number of allylic oxidation sites excluding steroid dienone is 2. The number of benzene rings is 1. The number of Topliss-reactive ketones (excluding diaryl/α,β-unsaturated/α-hetero) is 1. The van der Waals surface area contributed by atoms with Gasteiger partial charge in [-0.05, 0) is 35.3 Å². The van der Waals surface area contributed by atoms with Crippen LogP contribution in [0.3, 0.4) is 0 Å². The van der Waals surface area contributed by atoms with E-state index in [2.05, 4.69) is 75.2 Å². The highest BCUT2D eigenvalue weighted by Gasteiger charge is 2.32. The summed E-state index contributed by atoms with van der Waals surface area (Å²) < 4.78 is 5.13. The Kier molecular flexibility index (Phi) is 7.85. The number of hydrogen-bond acceptors (Lipinski definition) is 3. The molecule has 0 unspecified atom stereocenters. The maximum Gasteiger partial charge on any atom is 0.161 e. The van der Waals surface area contributed by atoms with Crippen LogP contribution in [0.4, 0.5) is 0 Å². The van der Waals surface area contributed by atoms with Crippen molar-refractivity contribution in [1.29, 1.82) is 0 Å². The van der Waals surface area contributed by atoms with Gasteiger partial charge in [-0.15, -0.1) is 0 Å². The number of ether oxygens (including phenoxy) is 1.